The maximum absolute atomic E-state index is 12.6. The molecule has 1 amide bonds. The van der Waals surface area contributed by atoms with Gasteiger partial charge in [-0.05, 0) is 42.5 Å². The van der Waals surface area contributed by atoms with Crippen molar-refractivity contribution >= 4 is 17.0 Å². The number of hydrogen-bond acceptors (Lipinski definition) is 6. The van der Waals surface area contributed by atoms with Crippen LogP contribution in [0.15, 0.2) is 54.6 Å². The number of nitrogens with zero attached hydrogens (tertiary/aromatic N) is 1. The molecule has 2 aromatic rings. The lowest BCUT2D eigenvalue weighted by Crippen LogP contribution is -2.59. The van der Waals surface area contributed by atoms with Crippen molar-refractivity contribution in [1.82, 2.24) is 4.90 Å². The maximum atomic E-state index is 12.6. The zero-order valence-corrected chi connectivity index (χ0v) is 18.5. The Morgan fingerprint density at radius 1 is 1.16 bits per heavy atom. The number of aliphatic hydroxyl groups is 2. The van der Waals surface area contributed by atoms with Crippen LogP contribution in [0.1, 0.15) is 30.4 Å². The molecule has 0 spiro atoms. The second-order valence-corrected chi connectivity index (χ2v) is 9.24. The molecule has 166 valence electrons. The maximum Gasteiger partial charge on any atom is 0.282 e. The zero-order chi connectivity index (χ0) is 21.8. The van der Waals surface area contributed by atoms with Gasteiger partial charge in [0.15, 0.2) is 5.79 Å². The van der Waals surface area contributed by atoms with Gasteiger partial charge in [0.25, 0.3) is 5.24 Å². The first kappa shape index (κ1) is 22.1. The minimum atomic E-state index is -1.56. The number of rotatable bonds is 7. The number of aryl methyl sites for hydroxylation is 1. The molecule has 4 unspecified atom stereocenters. The van der Waals surface area contributed by atoms with E-state index in [9.17, 15) is 15.0 Å². The summed E-state index contributed by atoms with van der Waals surface area (Å²) >= 11 is 1.19. The summed E-state index contributed by atoms with van der Waals surface area (Å²) in [5.74, 6) is -0.380. The molecule has 7 heteroatoms. The molecule has 0 radical (unpaired) electrons. The number of methoxy groups -OCH3 is 1. The highest BCUT2D eigenvalue weighted by atomic mass is 32.2. The van der Waals surface area contributed by atoms with Crippen molar-refractivity contribution in [2.75, 3.05) is 12.9 Å². The van der Waals surface area contributed by atoms with Crippen molar-refractivity contribution < 1.29 is 24.5 Å². The van der Waals surface area contributed by atoms with E-state index in [2.05, 4.69) is 12.1 Å². The van der Waals surface area contributed by atoms with Gasteiger partial charge >= 0.3 is 0 Å². The topological polar surface area (TPSA) is 79.2 Å². The van der Waals surface area contributed by atoms with Crippen LogP contribution in [0, 0.1) is 0 Å². The molecule has 0 bridgehead atoms. The summed E-state index contributed by atoms with van der Waals surface area (Å²) < 4.78 is 11.4. The summed E-state index contributed by atoms with van der Waals surface area (Å²) in [6, 6.07) is 17.1. The quantitative estimate of drug-likeness (QED) is 0.681. The van der Waals surface area contributed by atoms with Crippen LogP contribution < -0.4 is 4.74 Å². The van der Waals surface area contributed by atoms with Crippen molar-refractivity contribution in [3.63, 3.8) is 0 Å². The average molecular weight is 444 g/mol. The Balaban J connectivity index is 1.46. The van der Waals surface area contributed by atoms with Crippen molar-refractivity contribution in [3.05, 3.63) is 65.7 Å². The largest absolute Gasteiger partial charge is 0.497 e. The van der Waals surface area contributed by atoms with E-state index in [1.807, 2.05) is 42.5 Å². The number of carbonyl (C=O) groups is 1. The van der Waals surface area contributed by atoms with Gasteiger partial charge in [-0.1, -0.05) is 54.2 Å². The van der Waals surface area contributed by atoms with E-state index in [4.69, 9.17) is 9.47 Å². The van der Waals surface area contributed by atoms with Crippen LogP contribution in [-0.2, 0) is 17.7 Å². The Labute approximate surface area is 187 Å². The highest BCUT2D eigenvalue weighted by molar-refractivity contribution is 8.13. The molecule has 0 saturated carbocycles. The molecule has 2 aromatic carbocycles. The van der Waals surface area contributed by atoms with Crippen LogP contribution in [0.5, 0.6) is 5.75 Å². The third-order valence-electron chi connectivity index (χ3n) is 6.04. The molecule has 4 atom stereocenters. The van der Waals surface area contributed by atoms with Crippen LogP contribution >= 0.6 is 11.8 Å². The van der Waals surface area contributed by atoms with E-state index in [0.29, 0.717) is 25.1 Å². The zero-order valence-electron chi connectivity index (χ0n) is 17.6. The van der Waals surface area contributed by atoms with Gasteiger partial charge in [0.1, 0.15) is 5.75 Å². The second-order valence-electron chi connectivity index (χ2n) is 8.27. The first-order valence-electron chi connectivity index (χ1n) is 10.7. The minimum Gasteiger partial charge on any atom is -0.497 e. The van der Waals surface area contributed by atoms with Crippen molar-refractivity contribution in [2.45, 2.75) is 56.3 Å². The second kappa shape index (κ2) is 9.61. The van der Waals surface area contributed by atoms with Crippen LogP contribution in [0.4, 0.5) is 4.79 Å². The Bertz CT molecular complexity index is 877. The monoisotopic (exact) mass is 443 g/mol. The predicted molar refractivity (Wildman–Crippen MR) is 120 cm³/mol. The fourth-order valence-corrected chi connectivity index (χ4v) is 5.50. The lowest BCUT2D eigenvalue weighted by Gasteiger charge is -2.45. The van der Waals surface area contributed by atoms with Gasteiger partial charge in [0.2, 0.25) is 0 Å². The van der Waals surface area contributed by atoms with Crippen molar-refractivity contribution in [3.8, 4) is 5.75 Å². The molecule has 2 fully saturated rings. The molecule has 2 aliphatic rings. The van der Waals surface area contributed by atoms with Crippen LogP contribution in [-0.4, -0.2) is 57.3 Å². The molecule has 6 nitrogen and oxygen atoms in total. The van der Waals surface area contributed by atoms with E-state index < -0.39 is 17.9 Å². The number of carbonyl (C=O) groups excluding carboxylic acids is 1. The van der Waals surface area contributed by atoms with Gasteiger partial charge in [0, 0.05) is 18.7 Å². The molecule has 31 heavy (non-hydrogen) atoms. The number of aliphatic hydroxyl groups excluding tert-OH is 1. The van der Waals surface area contributed by atoms with E-state index in [-0.39, 0.29) is 17.8 Å². The van der Waals surface area contributed by atoms with Gasteiger partial charge < -0.3 is 24.6 Å². The van der Waals surface area contributed by atoms with E-state index in [0.717, 1.165) is 17.7 Å². The van der Waals surface area contributed by atoms with Gasteiger partial charge in [-0.15, -0.1) is 0 Å². The molecule has 2 aliphatic heterocycles. The minimum absolute atomic E-state index is 0.0845. The number of thioether (sulfide) groups is 1. The highest BCUT2D eigenvalue weighted by Gasteiger charge is 2.51. The molecular formula is C24H29NO5S. The van der Waals surface area contributed by atoms with E-state index in [1.165, 1.54) is 17.3 Å². The Hall–Kier alpha value is -2.06. The smallest absolute Gasteiger partial charge is 0.282 e. The molecule has 4 rings (SSSR count). The van der Waals surface area contributed by atoms with E-state index in [1.54, 1.807) is 12.0 Å². The highest BCUT2D eigenvalue weighted by Crippen LogP contribution is 2.40. The molecule has 2 N–H and O–H groups in total. The fraction of sp³-hybridized carbons (Fsp3) is 0.458. The van der Waals surface area contributed by atoms with Crippen LogP contribution in [0.25, 0.3) is 0 Å². The van der Waals surface area contributed by atoms with Gasteiger partial charge in [-0.2, -0.15) is 0 Å². The van der Waals surface area contributed by atoms with E-state index >= 15 is 0 Å². The van der Waals surface area contributed by atoms with Crippen LogP contribution in [0.3, 0.4) is 0 Å². The average Bonchev–Trinajstić information content (AvgIpc) is 3.14. The summed E-state index contributed by atoms with van der Waals surface area (Å²) in [6.45, 7) is 0.372. The molecule has 0 aliphatic carbocycles. The summed E-state index contributed by atoms with van der Waals surface area (Å²) in [6.07, 6.45) is 1.17. The Morgan fingerprint density at radius 2 is 1.90 bits per heavy atom. The molecule has 2 saturated heterocycles. The molecular weight excluding hydrogens is 414 g/mol. The van der Waals surface area contributed by atoms with Gasteiger partial charge in [-0.3, -0.25) is 4.79 Å². The summed E-state index contributed by atoms with van der Waals surface area (Å²) in [4.78, 5) is 14.3. The predicted octanol–water partition coefficient (Wildman–Crippen LogP) is 3.59. The van der Waals surface area contributed by atoms with Gasteiger partial charge in [0.05, 0.1) is 25.4 Å². The third kappa shape index (κ3) is 5.23. The van der Waals surface area contributed by atoms with Crippen molar-refractivity contribution in [2.24, 2.45) is 0 Å². The molecule has 2 heterocycles. The first-order chi connectivity index (χ1) is 15.0. The fourth-order valence-electron chi connectivity index (χ4n) is 4.40. The van der Waals surface area contributed by atoms with Crippen LogP contribution in [0.2, 0.25) is 0 Å². The summed E-state index contributed by atoms with van der Waals surface area (Å²) in [5, 5.41) is 21.9. The van der Waals surface area contributed by atoms with Gasteiger partial charge in [-0.25, -0.2) is 0 Å². The Morgan fingerprint density at radius 3 is 2.61 bits per heavy atom. The summed E-state index contributed by atoms with van der Waals surface area (Å²) in [5.41, 5.74) is 2.14. The van der Waals surface area contributed by atoms with Crippen molar-refractivity contribution in [1.29, 1.82) is 0 Å². The third-order valence-corrected chi connectivity index (χ3v) is 7.00. The number of benzene rings is 2. The lowest BCUT2D eigenvalue weighted by molar-refractivity contribution is -0.292. The first-order valence-corrected chi connectivity index (χ1v) is 11.6. The lowest BCUT2D eigenvalue weighted by atomic mass is 9.90. The number of amides is 1. The SMILES string of the molecule is COc1ccc(CN2C(=O)SCC2C2(O)CC(O)CC(CCc3ccccc3)O2)cc1. The summed E-state index contributed by atoms with van der Waals surface area (Å²) in [7, 11) is 1.61. The number of hydrogen-bond donors (Lipinski definition) is 2. The number of ether oxygens (including phenoxy) is 2. The normalized spacial score (nSPS) is 28.7. The Kier molecular flexibility index (Phi) is 6.86. The standard InChI is InChI=1S/C24H29NO5S/c1-29-20-10-8-18(9-11-20)15-25-22(16-31-23(25)27)24(28)14-19(26)13-21(30-24)12-7-17-5-3-2-4-6-17/h2-6,8-11,19,21-22,26,28H,7,12-16H2,1H3. The molecule has 0 aromatic heterocycles.